The van der Waals surface area contributed by atoms with Crippen LogP contribution in [0.3, 0.4) is 0 Å². The molecule has 0 saturated heterocycles. The Bertz CT molecular complexity index is 658. The molecular formula is C14H13BrN2O3. The summed E-state index contributed by atoms with van der Waals surface area (Å²) >= 11 is 3.47. The molecule has 104 valence electrons. The van der Waals surface area contributed by atoms with Gasteiger partial charge in [0.2, 0.25) is 5.91 Å². The van der Waals surface area contributed by atoms with E-state index >= 15 is 0 Å². The van der Waals surface area contributed by atoms with Crippen molar-refractivity contribution in [3.8, 4) is 5.75 Å². The van der Waals surface area contributed by atoms with Crippen LogP contribution >= 0.6 is 15.9 Å². The van der Waals surface area contributed by atoms with Gasteiger partial charge in [-0.3, -0.25) is 20.4 Å². The van der Waals surface area contributed by atoms with Crippen molar-refractivity contribution < 1.29 is 14.3 Å². The Kier molecular flexibility index (Phi) is 4.57. The van der Waals surface area contributed by atoms with Crippen LogP contribution in [0.2, 0.25) is 0 Å². The van der Waals surface area contributed by atoms with Gasteiger partial charge in [-0.25, -0.2) is 0 Å². The largest absolute Gasteiger partial charge is 0.483 e. The molecule has 6 heteroatoms. The number of carbonyl (C=O) groups excluding carboxylic acids is 2. The zero-order chi connectivity index (χ0) is 14.5. The Balaban J connectivity index is 2.05. The van der Waals surface area contributed by atoms with Crippen LogP contribution in [0.5, 0.6) is 5.75 Å². The van der Waals surface area contributed by atoms with Crippen LogP contribution in [0.15, 0.2) is 40.9 Å². The fourth-order valence-electron chi connectivity index (χ4n) is 1.66. The Morgan fingerprint density at radius 2 is 1.90 bits per heavy atom. The molecule has 0 heterocycles. The summed E-state index contributed by atoms with van der Waals surface area (Å²) in [6, 6.07) is 11.5. The summed E-state index contributed by atoms with van der Waals surface area (Å²) < 4.78 is 6.22. The number of rotatable bonds is 3. The van der Waals surface area contributed by atoms with E-state index in [4.69, 9.17) is 4.74 Å². The van der Waals surface area contributed by atoms with Crippen LogP contribution in [0.25, 0.3) is 10.8 Å². The van der Waals surface area contributed by atoms with Gasteiger partial charge in [0.05, 0.1) is 4.47 Å². The molecule has 0 aliphatic heterocycles. The van der Waals surface area contributed by atoms with Crippen LogP contribution < -0.4 is 15.6 Å². The van der Waals surface area contributed by atoms with E-state index in [1.807, 2.05) is 30.3 Å². The highest BCUT2D eigenvalue weighted by Crippen LogP contribution is 2.32. The van der Waals surface area contributed by atoms with Crippen molar-refractivity contribution in [2.24, 2.45) is 0 Å². The van der Waals surface area contributed by atoms with Gasteiger partial charge in [0.25, 0.3) is 5.91 Å². The molecule has 5 nitrogen and oxygen atoms in total. The fraction of sp³-hybridized carbons (Fsp3) is 0.143. The van der Waals surface area contributed by atoms with Gasteiger partial charge in [-0.05, 0) is 32.8 Å². The minimum Gasteiger partial charge on any atom is -0.483 e. The Labute approximate surface area is 124 Å². The van der Waals surface area contributed by atoms with Gasteiger partial charge >= 0.3 is 0 Å². The van der Waals surface area contributed by atoms with E-state index in [1.165, 1.54) is 6.92 Å². The molecule has 0 unspecified atom stereocenters. The van der Waals surface area contributed by atoms with E-state index < -0.39 is 5.91 Å². The molecule has 2 N–H and O–H groups in total. The molecule has 0 fully saturated rings. The van der Waals surface area contributed by atoms with Gasteiger partial charge in [0.1, 0.15) is 5.75 Å². The van der Waals surface area contributed by atoms with Gasteiger partial charge in [-0.1, -0.05) is 30.3 Å². The zero-order valence-electron chi connectivity index (χ0n) is 10.8. The second kappa shape index (κ2) is 6.38. The lowest BCUT2D eigenvalue weighted by atomic mass is 10.1. The first kappa shape index (κ1) is 14.3. The van der Waals surface area contributed by atoms with Crippen LogP contribution in [0.4, 0.5) is 0 Å². The lowest BCUT2D eigenvalue weighted by Crippen LogP contribution is -2.42. The number of hydrazine groups is 1. The summed E-state index contributed by atoms with van der Waals surface area (Å²) in [6.07, 6.45) is 0. The molecule has 20 heavy (non-hydrogen) atoms. The third-order valence-corrected chi connectivity index (χ3v) is 3.38. The van der Waals surface area contributed by atoms with Crippen LogP contribution in [0.1, 0.15) is 6.92 Å². The molecule has 0 aromatic heterocycles. The van der Waals surface area contributed by atoms with Crippen molar-refractivity contribution in [3.63, 3.8) is 0 Å². The number of fused-ring (bicyclic) bond motifs is 1. The molecular weight excluding hydrogens is 324 g/mol. The maximum Gasteiger partial charge on any atom is 0.276 e. The first-order chi connectivity index (χ1) is 9.58. The standard InChI is InChI=1S/C14H13BrN2O3/c1-9(18)16-17-13(19)8-20-12-7-6-10-4-2-3-5-11(10)14(12)15/h2-7H,8H2,1H3,(H,16,18)(H,17,19). The second-order valence-electron chi connectivity index (χ2n) is 4.12. The van der Waals surface area contributed by atoms with E-state index in [2.05, 4.69) is 26.8 Å². The molecule has 2 aromatic rings. The van der Waals surface area contributed by atoms with Crippen molar-refractivity contribution in [3.05, 3.63) is 40.9 Å². The van der Waals surface area contributed by atoms with Gasteiger partial charge in [-0.15, -0.1) is 0 Å². The van der Waals surface area contributed by atoms with Crippen molar-refractivity contribution in [1.29, 1.82) is 0 Å². The lowest BCUT2D eigenvalue weighted by molar-refractivity contribution is -0.129. The van der Waals surface area contributed by atoms with Crippen molar-refractivity contribution in [2.45, 2.75) is 6.92 Å². The normalized spacial score (nSPS) is 10.1. The quantitative estimate of drug-likeness (QED) is 0.844. The molecule has 0 radical (unpaired) electrons. The zero-order valence-corrected chi connectivity index (χ0v) is 12.4. The predicted molar refractivity (Wildman–Crippen MR) is 79.1 cm³/mol. The van der Waals surface area contributed by atoms with E-state index in [-0.39, 0.29) is 12.5 Å². The summed E-state index contributed by atoms with van der Waals surface area (Å²) in [5.74, 6) is -0.202. The molecule has 0 aliphatic carbocycles. The van der Waals surface area contributed by atoms with Crippen LogP contribution in [0, 0.1) is 0 Å². The average molecular weight is 337 g/mol. The summed E-state index contributed by atoms with van der Waals surface area (Å²) in [5.41, 5.74) is 4.43. The first-order valence-electron chi connectivity index (χ1n) is 5.93. The van der Waals surface area contributed by atoms with Crippen LogP contribution in [-0.4, -0.2) is 18.4 Å². The number of hydrogen-bond donors (Lipinski definition) is 2. The number of ether oxygens (including phenoxy) is 1. The van der Waals surface area contributed by atoms with Gasteiger partial charge in [0, 0.05) is 6.92 Å². The Morgan fingerprint density at radius 1 is 1.15 bits per heavy atom. The number of hydrogen-bond acceptors (Lipinski definition) is 3. The predicted octanol–water partition coefficient (Wildman–Crippen LogP) is 2.15. The number of carbonyl (C=O) groups is 2. The third kappa shape index (κ3) is 3.48. The first-order valence-corrected chi connectivity index (χ1v) is 6.72. The van der Waals surface area contributed by atoms with Crippen molar-refractivity contribution >= 4 is 38.5 Å². The highest BCUT2D eigenvalue weighted by atomic mass is 79.9. The van der Waals surface area contributed by atoms with E-state index in [9.17, 15) is 9.59 Å². The number of nitrogens with one attached hydrogen (secondary N) is 2. The number of amides is 2. The summed E-state index contributed by atoms with van der Waals surface area (Å²) in [7, 11) is 0. The summed E-state index contributed by atoms with van der Waals surface area (Å²) in [6.45, 7) is 1.12. The van der Waals surface area contributed by atoms with Gasteiger partial charge in [0.15, 0.2) is 6.61 Å². The molecule has 2 amide bonds. The van der Waals surface area contributed by atoms with E-state index in [0.717, 1.165) is 15.2 Å². The molecule has 0 spiro atoms. The fourth-order valence-corrected chi connectivity index (χ4v) is 2.27. The van der Waals surface area contributed by atoms with Crippen molar-refractivity contribution in [1.82, 2.24) is 10.9 Å². The molecule has 2 aromatic carbocycles. The Morgan fingerprint density at radius 3 is 2.65 bits per heavy atom. The van der Waals surface area contributed by atoms with E-state index in [1.54, 1.807) is 6.07 Å². The topological polar surface area (TPSA) is 67.4 Å². The average Bonchev–Trinajstić information content (AvgIpc) is 2.44. The maximum absolute atomic E-state index is 11.4. The SMILES string of the molecule is CC(=O)NNC(=O)COc1ccc2ccccc2c1Br. The molecule has 0 aliphatic rings. The maximum atomic E-state index is 11.4. The molecule has 0 saturated carbocycles. The second-order valence-corrected chi connectivity index (χ2v) is 4.91. The molecule has 2 rings (SSSR count). The number of benzene rings is 2. The molecule has 0 bridgehead atoms. The minimum atomic E-state index is -0.430. The monoisotopic (exact) mass is 336 g/mol. The smallest absolute Gasteiger partial charge is 0.276 e. The van der Waals surface area contributed by atoms with E-state index in [0.29, 0.717) is 5.75 Å². The lowest BCUT2D eigenvalue weighted by Gasteiger charge is -2.10. The highest BCUT2D eigenvalue weighted by Gasteiger charge is 2.08. The summed E-state index contributed by atoms with van der Waals surface area (Å²) in [4.78, 5) is 22.1. The summed E-state index contributed by atoms with van der Waals surface area (Å²) in [5, 5.41) is 2.08. The highest BCUT2D eigenvalue weighted by molar-refractivity contribution is 9.10. The third-order valence-electron chi connectivity index (χ3n) is 2.56. The number of halogens is 1. The van der Waals surface area contributed by atoms with Gasteiger partial charge < -0.3 is 4.74 Å². The minimum absolute atomic E-state index is 0.183. The van der Waals surface area contributed by atoms with Gasteiger partial charge in [-0.2, -0.15) is 0 Å². The Hall–Kier alpha value is -2.08. The molecule has 0 atom stereocenters. The van der Waals surface area contributed by atoms with Crippen LogP contribution in [-0.2, 0) is 9.59 Å². The van der Waals surface area contributed by atoms with Crippen molar-refractivity contribution in [2.75, 3.05) is 6.61 Å².